The largest absolute Gasteiger partial charge is 0.454 e. The molecule has 0 unspecified atom stereocenters. The Hall–Kier alpha value is -0.320. The maximum atomic E-state index is 5.56. The van der Waals surface area contributed by atoms with Gasteiger partial charge in [-0.3, -0.25) is 0 Å². The minimum atomic E-state index is -0.0535. The summed E-state index contributed by atoms with van der Waals surface area (Å²) < 4.78 is 11.9. The van der Waals surface area contributed by atoms with Gasteiger partial charge in [-0.2, -0.15) is 0 Å². The van der Waals surface area contributed by atoms with Gasteiger partial charge in [-0.15, -0.1) is 0 Å². The predicted molar refractivity (Wildman–Crippen MR) is 57.5 cm³/mol. The molecule has 0 atom stereocenters. The number of aryl methyl sites for hydroxylation is 1. The molecule has 0 aliphatic carbocycles. The number of furan rings is 1. The lowest BCUT2D eigenvalue weighted by Crippen LogP contribution is -2.61. The quantitative estimate of drug-likeness (QED) is 0.901. The van der Waals surface area contributed by atoms with E-state index in [2.05, 4.69) is 28.2 Å². The van der Waals surface area contributed by atoms with Gasteiger partial charge in [-0.05, 0) is 34.5 Å². The Morgan fingerprint density at radius 3 is 2.71 bits per heavy atom. The second-order valence-electron chi connectivity index (χ2n) is 3.82. The highest BCUT2D eigenvalue weighted by molar-refractivity contribution is 9.10. The second kappa shape index (κ2) is 3.68. The second-order valence-corrected chi connectivity index (χ2v) is 4.61. The van der Waals surface area contributed by atoms with E-state index in [1.807, 2.05) is 6.07 Å². The molecule has 0 amide bonds. The van der Waals surface area contributed by atoms with Crippen LogP contribution in [0.5, 0.6) is 0 Å². The minimum Gasteiger partial charge on any atom is -0.454 e. The van der Waals surface area contributed by atoms with Crippen LogP contribution in [0.15, 0.2) is 15.2 Å². The molecule has 1 fully saturated rings. The molecule has 0 saturated carbocycles. The lowest BCUT2D eigenvalue weighted by molar-refractivity contribution is -0.0535. The molecule has 1 aliphatic rings. The number of nitrogens with one attached hydrogen (secondary N) is 1. The molecule has 0 radical (unpaired) electrons. The fraction of sp³-hybridized carbons (Fsp3) is 0.600. The summed E-state index contributed by atoms with van der Waals surface area (Å²) in [6.07, 6.45) is 0.841. The van der Waals surface area contributed by atoms with E-state index in [4.69, 9.17) is 9.15 Å². The van der Waals surface area contributed by atoms with E-state index in [1.54, 1.807) is 7.11 Å². The van der Waals surface area contributed by atoms with Crippen molar-refractivity contribution in [2.75, 3.05) is 20.2 Å². The minimum absolute atomic E-state index is 0.0535. The Balaban J connectivity index is 2.13. The van der Waals surface area contributed by atoms with Gasteiger partial charge >= 0.3 is 0 Å². The molecule has 0 spiro atoms. The molecule has 78 valence electrons. The Kier molecular flexibility index (Phi) is 2.68. The molecule has 1 saturated heterocycles. The molecule has 2 heterocycles. The Morgan fingerprint density at radius 2 is 2.36 bits per heavy atom. The third-order valence-corrected chi connectivity index (χ3v) is 3.19. The molecule has 2 rings (SSSR count). The zero-order valence-corrected chi connectivity index (χ0v) is 9.98. The predicted octanol–water partition coefficient (Wildman–Crippen LogP) is 1.88. The third kappa shape index (κ3) is 1.74. The van der Waals surface area contributed by atoms with Gasteiger partial charge < -0.3 is 14.5 Å². The molecule has 1 aromatic heterocycles. The number of halogens is 1. The first-order valence-electron chi connectivity index (χ1n) is 4.66. The topological polar surface area (TPSA) is 34.4 Å². The van der Waals surface area contributed by atoms with Gasteiger partial charge in [0.25, 0.3) is 0 Å². The summed E-state index contributed by atoms with van der Waals surface area (Å²) in [6, 6.07) is 1.99. The number of ether oxygens (including phenoxy) is 1. The molecule has 1 N–H and O–H groups in total. The van der Waals surface area contributed by atoms with Crippen LogP contribution in [0.4, 0.5) is 0 Å². The first-order valence-corrected chi connectivity index (χ1v) is 5.45. The van der Waals surface area contributed by atoms with Crippen LogP contribution in [0.3, 0.4) is 0 Å². The van der Waals surface area contributed by atoms with Gasteiger partial charge in [0.2, 0.25) is 0 Å². The van der Waals surface area contributed by atoms with Crippen LogP contribution in [0, 0.1) is 6.92 Å². The van der Waals surface area contributed by atoms with E-state index in [-0.39, 0.29) is 5.60 Å². The van der Waals surface area contributed by atoms with Crippen LogP contribution in [-0.2, 0) is 11.2 Å². The summed E-state index contributed by atoms with van der Waals surface area (Å²) in [7, 11) is 1.76. The zero-order chi connectivity index (χ0) is 10.2. The Labute approximate surface area is 91.9 Å². The maximum absolute atomic E-state index is 5.56. The molecular formula is C10H14BrNO2. The summed E-state index contributed by atoms with van der Waals surface area (Å²) in [5.74, 6) is 1.01. The first kappa shape index (κ1) is 10.2. The van der Waals surface area contributed by atoms with E-state index in [1.165, 1.54) is 5.56 Å². The molecule has 14 heavy (non-hydrogen) atoms. The van der Waals surface area contributed by atoms with Gasteiger partial charge in [-0.1, -0.05) is 0 Å². The van der Waals surface area contributed by atoms with Crippen molar-refractivity contribution in [2.24, 2.45) is 0 Å². The third-order valence-electron chi connectivity index (χ3n) is 2.80. The Bertz CT molecular complexity index is 325. The lowest BCUT2D eigenvalue weighted by atomic mass is 9.90. The number of hydrogen-bond donors (Lipinski definition) is 1. The van der Waals surface area contributed by atoms with Gasteiger partial charge in [0.1, 0.15) is 5.76 Å². The maximum Gasteiger partial charge on any atom is 0.169 e. The average molecular weight is 260 g/mol. The number of hydrogen-bond acceptors (Lipinski definition) is 3. The van der Waals surface area contributed by atoms with E-state index >= 15 is 0 Å². The van der Waals surface area contributed by atoms with Gasteiger partial charge in [0.05, 0.1) is 5.60 Å². The molecule has 3 nitrogen and oxygen atoms in total. The molecule has 0 aromatic carbocycles. The smallest absolute Gasteiger partial charge is 0.169 e. The normalized spacial score (nSPS) is 19.4. The number of methoxy groups -OCH3 is 1. The molecular weight excluding hydrogens is 246 g/mol. The lowest BCUT2D eigenvalue weighted by Gasteiger charge is -2.40. The molecule has 0 bridgehead atoms. The monoisotopic (exact) mass is 259 g/mol. The van der Waals surface area contributed by atoms with Gasteiger partial charge in [0, 0.05) is 26.6 Å². The molecule has 1 aromatic rings. The van der Waals surface area contributed by atoms with Crippen LogP contribution >= 0.6 is 15.9 Å². The average Bonchev–Trinajstić information content (AvgIpc) is 2.38. The van der Waals surface area contributed by atoms with Crippen molar-refractivity contribution in [3.8, 4) is 0 Å². The van der Waals surface area contributed by atoms with Crippen LogP contribution in [0.25, 0.3) is 0 Å². The van der Waals surface area contributed by atoms with Crippen molar-refractivity contribution in [3.05, 3.63) is 22.1 Å². The Morgan fingerprint density at radius 1 is 1.64 bits per heavy atom. The summed E-state index contributed by atoms with van der Waals surface area (Å²) in [4.78, 5) is 0. The zero-order valence-electron chi connectivity index (χ0n) is 8.39. The van der Waals surface area contributed by atoms with Gasteiger partial charge in [0.15, 0.2) is 4.67 Å². The van der Waals surface area contributed by atoms with Crippen LogP contribution in [0.2, 0.25) is 0 Å². The molecule has 1 aliphatic heterocycles. The van der Waals surface area contributed by atoms with Crippen molar-refractivity contribution in [3.63, 3.8) is 0 Å². The fourth-order valence-corrected chi connectivity index (χ4v) is 2.23. The summed E-state index contributed by atoms with van der Waals surface area (Å²) in [5.41, 5.74) is 1.13. The van der Waals surface area contributed by atoms with Crippen molar-refractivity contribution in [2.45, 2.75) is 18.9 Å². The standard InChI is InChI=1S/C10H14BrNO2/c1-7-3-9(11)14-8(7)4-10(13-2)5-12-6-10/h3,12H,4-6H2,1-2H3. The van der Waals surface area contributed by atoms with Crippen molar-refractivity contribution < 1.29 is 9.15 Å². The van der Waals surface area contributed by atoms with Crippen LogP contribution < -0.4 is 5.32 Å². The first-order chi connectivity index (χ1) is 6.65. The highest BCUT2D eigenvalue weighted by Crippen LogP contribution is 2.27. The van der Waals surface area contributed by atoms with Gasteiger partial charge in [-0.25, -0.2) is 0 Å². The van der Waals surface area contributed by atoms with E-state index < -0.39 is 0 Å². The SMILES string of the molecule is COC1(Cc2oc(Br)cc2C)CNC1. The van der Waals surface area contributed by atoms with E-state index in [0.717, 1.165) is 29.9 Å². The van der Waals surface area contributed by atoms with Crippen molar-refractivity contribution in [1.29, 1.82) is 0 Å². The van der Waals surface area contributed by atoms with Crippen LogP contribution in [-0.4, -0.2) is 25.8 Å². The van der Waals surface area contributed by atoms with E-state index in [9.17, 15) is 0 Å². The highest BCUT2D eigenvalue weighted by atomic mass is 79.9. The fourth-order valence-electron chi connectivity index (χ4n) is 1.69. The summed E-state index contributed by atoms with van der Waals surface area (Å²) >= 11 is 3.33. The summed E-state index contributed by atoms with van der Waals surface area (Å²) in [6.45, 7) is 3.86. The van der Waals surface area contributed by atoms with Crippen molar-refractivity contribution in [1.82, 2.24) is 5.32 Å². The van der Waals surface area contributed by atoms with Crippen molar-refractivity contribution >= 4 is 15.9 Å². The summed E-state index contributed by atoms with van der Waals surface area (Å²) in [5, 5.41) is 3.22. The number of rotatable bonds is 3. The molecule has 4 heteroatoms. The van der Waals surface area contributed by atoms with E-state index in [0.29, 0.717) is 0 Å². The highest BCUT2D eigenvalue weighted by Gasteiger charge is 2.38. The van der Waals surface area contributed by atoms with Crippen LogP contribution in [0.1, 0.15) is 11.3 Å².